The zero-order valence-corrected chi connectivity index (χ0v) is 53.3. The Bertz CT molecular complexity index is 3750. The van der Waals surface area contributed by atoms with E-state index < -0.39 is 5.91 Å². The normalized spacial score (nSPS) is 12.5. The first kappa shape index (κ1) is 66.0. The number of unbranched alkanes of at least 4 members (excludes halogenated alkanes) is 1. The molecule has 24 heteroatoms. The lowest BCUT2D eigenvalue weighted by Crippen LogP contribution is -2.49. The molecule has 0 atom stereocenters. The fraction of sp³-hybridized carbons (Fsp3) is 0.400. The lowest BCUT2D eigenvalue weighted by atomic mass is 9.97. The molecule has 4 aromatic carbocycles. The fourth-order valence-electron chi connectivity index (χ4n) is 10.4. The van der Waals surface area contributed by atoms with E-state index >= 15 is 0 Å². The van der Waals surface area contributed by atoms with Gasteiger partial charge in [-0.2, -0.15) is 0 Å². The van der Waals surface area contributed by atoms with Crippen molar-refractivity contribution in [3.63, 3.8) is 0 Å². The van der Waals surface area contributed by atoms with Gasteiger partial charge in [0.1, 0.15) is 23.1 Å². The second-order valence-corrected chi connectivity index (χ2v) is 23.1. The second-order valence-electron chi connectivity index (χ2n) is 22.3. The van der Waals surface area contributed by atoms with E-state index in [1.54, 1.807) is 55.8 Å². The van der Waals surface area contributed by atoms with Crippen molar-refractivity contribution in [3.8, 4) is 45.6 Å². The lowest BCUT2D eigenvalue weighted by molar-refractivity contribution is -0.126. The van der Waals surface area contributed by atoms with Gasteiger partial charge in [0, 0.05) is 136 Å². The molecule has 0 unspecified atom stereocenters. The van der Waals surface area contributed by atoms with Gasteiger partial charge in [-0.05, 0) is 138 Å². The quantitative estimate of drug-likeness (QED) is 0.0124. The van der Waals surface area contributed by atoms with Gasteiger partial charge in [0.05, 0.1) is 62.8 Å². The summed E-state index contributed by atoms with van der Waals surface area (Å²) in [7, 11) is 8.50. The average molecular weight is 1240 g/mol. The van der Waals surface area contributed by atoms with Crippen LogP contribution in [0.5, 0.6) is 34.5 Å². The number of hydrogen-bond acceptors (Lipinski definition) is 18. The third kappa shape index (κ3) is 17.6. The molecule has 8 rings (SSSR count). The van der Waals surface area contributed by atoms with Gasteiger partial charge in [-0.15, -0.1) is 0 Å². The Labute approximate surface area is 523 Å². The highest BCUT2D eigenvalue weighted by Crippen LogP contribution is 2.40. The number of hydrogen-bond donors (Lipinski definition) is 7. The number of nitrogens with zero attached hydrogens (tertiary/aromatic N) is 6. The molecule has 0 bridgehead atoms. The van der Waals surface area contributed by atoms with Gasteiger partial charge < -0.3 is 65.0 Å². The second kappa shape index (κ2) is 31.3. The molecule has 1 aliphatic heterocycles. The lowest BCUT2D eigenvalue weighted by Gasteiger charge is -2.35. The van der Waals surface area contributed by atoms with Crippen LogP contribution in [0.3, 0.4) is 0 Å². The Hall–Kier alpha value is -9.00. The van der Waals surface area contributed by atoms with Crippen molar-refractivity contribution < 1.29 is 38.1 Å². The maximum absolute atomic E-state index is 13.7. The van der Waals surface area contributed by atoms with Crippen molar-refractivity contribution in [2.75, 3.05) is 108 Å². The van der Waals surface area contributed by atoms with Gasteiger partial charge in [0.2, 0.25) is 11.8 Å². The first-order valence-electron chi connectivity index (χ1n) is 29.9. The van der Waals surface area contributed by atoms with E-state index in [4.69, 9.17) is 34.1 Å². The minimum absolute atomic E-state index is 0.0324. The van der Waals surface area contributed by atoms with E-state index in [9.17, 15) is 24.0 Å². The van der Waals surface area contributed by atoms with E-state index in [1.165, 1.54) is 18.2 Å². The summed E-state index contributed by atoms with van der Waals surface area (Å²) in [5.74, 6) is 3.23. The standard InChI is InChI=1S/C65H83N13O10S/c1-11-25-86-46-30-47(32-48(31-46)88-58-35-56-55(75(7)65(83)76(56)8)34-54(58)73-89-49-15-16-57(84-9)59(33-49)85-10)87-26-13-12-19-74(6)40-62(80)69-39-61(79)67-18-20-77-21-23-78(24-22-77)60-17-14-44(37-68-60)45-28-50(51(36-66)53(29-45)71-41(2)3)63(81)70-38-52-42(4)27-43(5)72-64(52)82/h14-17,27-37,41,66,71,73H,11-13,18-26,38-40H2,1-10H3,(H,67,79)(H,69,80)(H,70,81)(H,72,82). The van der Waals surface area contributed by atoms with Gasteiger partial charge in [-0.1, -0.05) is 6.92 Å². The van der Waals surface area contributed by atoms with Crippen LogP contribution in [-0.2, 0) is 30.2 Å². The molecule has 3 aromatic heterocycles. The Morgan fingerprint density at radius 1 is 0.787 bits per heavy atom. The number of nitrogens with one attached hydrogen (secondary N) is 7. The number of imidazole rings is 1. The number of amides is 3. The number of fused-ring (bicyclic) bond motifs is 1. The van der Waals surface area contributed by atoms with Crippen LogP contribution in [0, 0.1) is 19.3 Å². The number of methoxy groups -OCH3 is 2. The van der Waals surface area contributed by atoms with Crippen LogP contribution < -0.4 is 65.8 Å². The number of ether oxygens (including phenoxy) is 5. The summed E-state index contributed by atoms with van der Waals surface area (Å²) in [6.07, 6.45) is 5.23. The number of aromatic nitrogens is 4. The predicted octanol–water partition coefficient (Wildman–Crippen LogP) is 7.86. The van der Waals surface area contributed by atoms with Gasteiger partial charge in [-0.3, -0.25) is 38.1 Å². The zero-order chi connectivity index (χ0) is 63.7. The van der Waals surface area contributed by atoms with Crippen molar-refractivity contribution in [1.82, 2.24) is 44.9 Å². The smallest absolute Gasteiger partial charge is 0.328 e. The molecule has 89 heavy (non-hydrogen) atoms. The van der Waals surface area contributed by atoms with E-state index in [1.807, 2.05) is 113 Å². The van der Waals surface area contributed by atoms with Crippen molar-refractivity contribution >= 4 is 64.1 Å². The molecule has 0 saturated carbocycles. The summed E-state index contributed by atoms with van der Waals surface area (Å²) < 4.78 is 36.4. The van der Waals surface area contributed by atoms with E-state index in [0.717, 1.165) is 77.6 Å². The molecule has 7 aromatic rings. The topological polar surface area (TPSA) is 264 Å². The number of rotatable bonds is 31. The van der Waals surface area contributed by atoms with Crippen LogP contribution in [-0.4, -0.2) is 152 Å². The molecule has 0 aliphatic carbocycles. The summed E-state index contributed by atoms with van der Waals surface area (Å²) in [4.78, 5) is 79.9. The average Bonchev–Trinajstić information content (AvgIpc) is 1.77. The minimum Gasteiger partial charge on any atom is -0.493 e. The first-order valence-corrected chi connectivity index (χ1v) is 30.7. The van der Waals surface area contributed by atoms with E-state index in [2.05, 4.69) is 40.8 Å². The molecule has 1 saturated heterocycles. The summed E-state index contributed by atoms with van der Waals surface area (Å²) in [5, 5.41) is 20.2. The molecule has 1 aliphatic rings. The molecule has 474 valence electrons. The molecule has 1 fully saturated rings. The molecule has 7 N–H and O–H groups in total. The van der Waals surface area contributed by atoms with E-state index in [-0.39, 0.29) is 48.7 Å². The number of carbonyl (C=O) groups excluding carboxylic acids is 3. The maximum atomic E-state index is 13.7. The molecular formula is C65H83N13O10S. The molecule has 23 nitrogen and oxygen atoms in total. The highest BCUT2D eigenvalue weighted by atomic mass is 32.2. The van der Waals surface area contributed by atoms with Crippen molar-refractivity contribution in [1.29, 1.82) is 5.41 Å². The Balaban J connectivity index is 0.750. The van der Waals surface area contributed by atoms with Crippen LogP contribution in [0.2, 0.25) is 0 Å². The number of H-pyrrole nitrogens is 1. The van der Waals surface area contributed by atoms with Gasteiger partial charge in [0.25, 0.3) is 11.5 Å². The van der Waals surface area contributed by atoms with Crippen molar-refractivity contribution in [2.24, 2.45) is 14.1 Å². The number of pyridine rings is 2. The van der Waals surface area contributed by atoms with Gasteiger partial charge in [0.15, 0.2) is 17.2 Å². The molecule has 3 amide bonds. The third-order valence-corrected chi connectivity index (χ3v) is 15.9. The number of benzene rings is 4. The van der Waals surface area contributed by atoms with Crippen molar-refractivity contribution in [3.05, 3.63) is 134 Å². The maximum Gasteiger partial charge on any atom is 0.328 e. The number of aromatic amines is 1. The highest BCUT2D eigenvalue weighted by Gasteiger charge is 2.22. The number of carbonyl (C=O) groups is 3. The summed E-state index contributed by atoms with van der Waals surface area (Å²) in [6, 6.07) is 24.3. The van der Waals surface area contributed by atoms with Crippen LogP contribution in [0.1, 0.15) is 72.8 Å². The zero-order valence-electron chi connectivity index (χ0n) is 52.5. The highest BCUT2D eigenvalue weighted by molar-refractivity contribution is 8.00. The molecule has 0 radical (unpaired) electrons. The largest absolute Gasteiger partial charge is 0.493 e. The molecular weight excluding hydrogens is 1150 g/mol. The summed E-state index contributed by atoms with van der Waals surface area (Å²) in [5.41, 5.74) is 6.59. The van der Waals surface area contributed by atoms with Crippen molar-refractivity contribution in [2.45, 2.75) is 71.4 Å². The number of likely N-dealkylation sites (N-methyl/N-ethyl adjacent to an activating group) is 1. The number of anilines is 3. The predicted molar refractivity (Wildman–Crippen MR) is 350 cm³/mol. The fourth-order valence-corrected chi connectivity index (χ4v) is 11.0. The first-order chi connectivity index (χ1) is 42.8. The van der Waals surface area contributed by atoms with Crippen LogP contribution in [0.4, 0.5) is 17.2 Å². The Morgan fingerprint density at radius 2 is 1.51 bits per heavy atom. The molecule has 0 spiro atoms. The third-order valence-electron chi connectivity index (χ3n) is 15.1. The van der Waals surface area contributed by atoms with Gasteiger partial charge >= 0.3 is 5.69 Å². The number of aryl methyl sites for hydroxylation is 4. The Kier molecular flexibility index (Phi) is 23.2. The monoisotopic (exact) mass is 1240 g/mol. The van der Waals surface area contributed by atoms with Crippen LogP contribution in [0.15, 0.2) is 99.5 Å². The molecule has 4 heterocycles. The minimum atomic E-state index is -0.400. The van der Waals surface area contributed by atoms with Crippen LogP contribution in [0.25, 0.3) is 22.2 Å². The SMILES string of the molecule is CCCOc1cc(OCCCCN(C)CC(=O)NCC(=O)NCCN2CCN(c3ccc(-c4cc(NC(C)C)c(C=N)c(C(=O)NCc5c(C)cc(C)[nH]c5=O)c4)cn3)CC2)cc(Oc2cc3c(cc2NSc2ccc(OC)c(OC)c2)n(C)c(=O)n3C)c1. The summed E-state index contributed by atoms with van der Waals surface area (Å²) in [6.45, 7) is 15.4. The van der Waals surface area contributed by atoms with E-state index in [0.29, 0.717) is 107 Å². The van der Waals surface area contributed by atoms with Crippen LogP contribution >= 0.6 is 11.9 Å². The number of piperazine rings is 1. The van der Waals surface area contributed by atoms with Gasteiger partial charge in [-0.25, -0.2) is 9.78 Å². The Morgan fingerprint density at radius 3 is 2.18 bits per heavy atom. The summed E-state index contributed by atoms with van der Waals surface area (Å²) >= 11 is 1.36.